The number of fused-ring (bicyclic) bond motifs is 13. The third-order valence-corrected chi connectivity index (χ3v) is 11.2. The van der Waals surface area contributed by atoms with Crippen LogP contribution in [0.2, 0.25) is 0 Å². The molecule has 2 nitrogen and oxygen atoms in total. The van der Waals surface area contributed by atoms with Gasteiger partial charge in [0.05, 0.1) is 11.0 Å². The standard InChI is InChI=1S/C46H31NO/c1-46(2)39-26-30(20-22-33(39)36-21-18-29-24-27-10-3-4-11-31(27)43(29)44(36)46)47-40-16-7-5-12-34(40)38-25-28(19-23-41(38)47)32-14-9-15-37-35-13-6-8-17-42(35)48-45(32)37/h3-23,25-26H,24H2,1-2H3. The Labute approximate surface area is 278 Å². The number of furan rings is 1. The van der Waals surface area contributed by atoms with E-state index in [0.717, 1.165) is 39.5 Å². The Morgan fingerprint density at radius 1 is 0.542 bits per heavy atom. The zero-order valence-corrected chi connectivity index (χ0v) is 26.8. The first kappa shape index (κ1) is 26.2. The lowest BCUT2D eigenvalue weighted by molar-refractivity contribution is 0.661. The summed E-state index contributed by atoms with van der Waals surface area (Å²) in [5.41, 5.74) is 19.0. The molecule has 0 saturated heterocycles. The maximum atomic E-state index is 6.44. The molecule has 0 radical (unpaired) electrons. The Bertz CT molecular complexity index is 2840. The number of hydrogen-bond acceptors (Lipinski definition) is 1. The molecule has 0 unspecified atom stereocenters. The highest BCUT2D eigenvalue weighted by Crippen LogP contribution is 2.55. The van der Waals surface area contributed by atoms with Crippen molar-refractivity contribution in [3.63, 3.8) is 0 Å². The minimum absolute atomic E-state index is 0.124. The molecule has 0 amide bonds. The summed E-state index contributed by atoms with van der Waals surface area (Å²) in [6.45, 7) is 4.83. The summed E-state index contributed by atoms with van der Waals surface area (Å²) in [7, 11) is 0. The Hall–Kier alpha value is -5.86. The lowest BCUT2D eigenvalue weighted by atomic mass is 9.78. The number of hydrogen-bond donors (Lipinski definition) is 0. The van der Waals surface area contributed by atoms with Crippen molar-refractivity contribution >= 4 is 43.7 Å². The van der Waals surface area contributed by atoms with Gasteiger partial charge in [-0.2, -0.15) is 0 Å². The van der Waals surface area contributed by atoms with E-state index in [9.17, 15) is 0 Å². The largest absolute Gasteiger partial charge is 0.455 e. The van der Waals surface area contributed by atoms with Crippen LogP contribution in [-0.4, -0.2) is 4.57 Å². The smallest absolute Gasteiger partial charge is 0.143 e. The maximum Gasteiger partial charge on any atom is 0.143 e. The van der Waals surface area contributed by atoms with E-state index in [0.29, 0.717) is 0 Å². The quantitative estimate of drug-likeness (QED) is 0.190. The molecule has 48 heavy (non-hydrogen) atoms. The van der Waals surface area contributed by atoms with Crippen molar-refractivity contribution in [3.05, 3.63) is 162 Å². The molecule has 0 aliphatic heterocycles. The van der Waals surface area contributed by atoms with Crippen LogP contribution in [0.25, 0.3) is 82.8 Å². The first-order valence-corrected chi connectivity index (χ1v) is 16.9. The molecule has 0 spiro atoms. The lowest BCUT2D eigenvalue weighted by Gasteiger charge is -2.25. The Morgan fingerprint density at radius 2 is 1.29 bits per heavy atom. The van der Waals surface area contributed by atoms with Gasteiger partial charge in [0, 0.05) is 38.2 Å². The molecule has 0 atom stereocenters. The van der Waals surface area contributed by atoms with E-state index in [1.165, 1.54) is 72.0 Å². The second-order valence-corrected chi connectivity index (χ2v) is 14.1. The van der Waals surface area contributed by atoms with Gasteiger partial charge in [-0.05, 0) is 92.9 Å². The van der Waals surface area contributed by atoms with Gasteiger partial charge in [0.1, 0.15) is 11.2 Å². The van der Waals surface area contributed by atoms with Crippen LogP contribution in [0.3, 0.4) is 0 Å². The molecular weight excluding hydrogens is 583 g/mol. The maximum absolute atomic E-state index is 6.44. The molecule has 11 rings (SSSR count). The van der Waals surface area contributed by atoms with Crippen LogP contribution < -0.4 is 0 Å². The third kappa shape index (κ3) is 3.32. The van der Waals surface area contributed by atoms with Gasteiger partial charge in [-0.15, -0.1) is 0 Å². The van der Waals surface area contributed by atoms with Gasteiger partial charge in [-0.1, -0.05) is 117 Å². The topological polar surface area (TPSA) is 18.1 Å². The minimum atomic E-state index is -0.124. The summed E-state index contributed by atoms with van der Waals surface area (Å²) in [5, 5.41) is 4.81. The molecule has 2 heteroatoms. The summed E-state index contributed by atoms with van der Waals surface area (Å²) >= 11 is 0. The van der Waals surface area contributed by atoms with Crippen molar-refractivity contribution in [2.75, 3.05) is 0 Å². The monoisotopic (exact) mass is 613 g/mol. The van der Waals surface area contributed by atoms with Crippen LogP contribution >= 0.6 is 0 Å². The fourth-order valence-electron chi connectivity index (χ4n) is 9.05. The normalized spacial score (nSPS) is 14.1. The van der Waals surface area contributed by atoms with E-state index in [4.69, 9.17) is 4.42 Å². The van der Waals surface area contributed by atoms with Crippen LogP contribution in [0, 0.1) is 0 Å². The van der Waals surface area contributed by atoms with Crippen LogP contribution in [0.15, 0.2) is 144 Å². The van der Waals surface area contributed by atoms with E-state index in [-0.39, 0.29) is 5.41 Å². The molecular formula is C46H31NO. The summed E-state index contributed by atoms with van der Waals surface area (Å²) in [6.07, 6.45) is 1.02. The zero-order valence-electron chi connectivity index (χ0n) is 26.8. The molecule has 226 valence electrons. The number of benzene rings is 7. The van der Waals surface area contributed by atoms with Crippen molar-refractivity contribution in [1.29, 1.82) is 0 Å². The average molecular weight is 614 g/mol. The number of nitrogens with zero attached hydrogens (tertiary/aromatic N) is 1. The molecule has 9 aromatic rings. The second-order valence-electron chi connectivity index (χ2n) is 14.1. The highest BCUT2D eigenvalue weighted by molar-refractivity contribution is 6.13. The van der Waals surface area contributed by atoms with E-state index < -0.39 is 0 Å². The predicted molar refractivity (Wildman–Crippen MR) is 199 cm³/mol. The van der Waals surface area contributed by atoms with Gasteiger partial charge in [0.2, 0.25) is 0 Å². The molecule has 2 heterocycles. The van der Waals surface area contributed by atoms with Crippen molar-refractivity contribution in [2.45, 2.75) is 25.7 Å². The number of rotatable bonds is 2. The van der Waals surface area contributed by atoms with Crippen molar-refractivity contribution < 1.29 is 4.42 Å². The highest BCUT2D eigenvalue weighted by Gasteiger charge is 2.40. The first-order chi connectivity index (χ1) is 23.6. The van der Waals surface area contributed by atoms with Gasteiger partial charge < -0.3 is 8.98 Å². The third-order valence-electron chi connectivity index (χ3n) is 11.2. The van der Waals surface area contributed by atoms with Gasteiger partial charge in [-0.25, -0.2) is 0 Å². The summed E-state index contributed by atoms with van der Waals surface area (Å²) in [5.74, 6) is 0. The predicted octanol–water partition coefficient (Wildman–Crippen LogP) is 12.2. The van der Waals surface area contributed by atoms with Crippen molar-refractivity contribution in [2.24, 2.45) is 0 Å². The van der Waals surface area contributed by atoms with Crippen LogP contribution in [-0.2, 0) is 11.8 Å². The molecule has 0 bridgehead atoms. The molecule has 0 N–H and O–H groups in total. The van der Waals surface area contributed by atoms with Crippen molar-refractivity contribution in [3.8, 4) is 39.1 Å². The van der Waals surface area contributed by atoms with E-state index in [2.05, 4.69) is 152 Å². The first-order valence-electron chi connectivity index (χ1n) is 16.9. The Kier molecular flexibility index (Phi) is 5.00. The molecule has 0 fully saturated rings. The van der Waals surface area contributed by atoms with E-state index in [1.807, 2.05) is 6.07 Å². The van der Waals surface area contributed by atoms with Crippen LogP contribution in [0.4, 0.5) is 0 Å². The molecule has 0 saturated carbocycles. The van der Waals surface area contributed by atoms with Gasteiger partial charge in [0.15, 0.2) is 0 Å². The van der Waals surface area contributed by atoms with Crippen LogP contribution in [0.1, 0.15) is 36.1 Å². The molecule has 2 aliphatic rings. The fraction of sp³-hybridized carbons (Fsp3) is 0.0870. The Balaban J connectivity index is 1.10. The molecule has 2 aromatic heterocycles. The lowest BCUT2D eigenvalue weighted by Crippen LogP contribution is -2.17. The Morgan fingerprint density at radius 3 is 2.23 bits per heavy atom. The average Bonchev–Trinajstić information content (AvgIpc) is 3.84. The minimum Gasteiger partial charge on any atom is -0.455 e. The van der Waals surface area contributed by atoms with Gasteiger partial charge >= 0.3 is 0 Å². The van der Waals surface area contributed by atoms with Crippen LogP contribution in [0.5, 0.6) is 0 Å². The summed E-state index contributed by atoms with van der Waals surface area (Å²) in [6, 6.07) is 51.4. The SMILES string of the molecule is CC1(C)c2cc(-n3c4ccccc4c4cc(-c5cccc6c5oc5ccccc56)ccc43)ccc2-c2ccc3c(c21)-c1ccccc1C3. The molecule has 2 aliphatic carbocycles. The number of aromatic nitrogens is 1. The zero-order chi connectivity index (χ0) is 31.7. The summed E-state index contributed by atoms with van der Waals surface area (Å²) in [4.78, 5) is 0. The van der Waals surface area contributed by atoms with Gasteiger partial charge in [-0.3, -0.25) is 0 Å². The van der Waals surface area contributed by atoms with E-state index >= 15 is 0 Å². The second kappa shape index (κ2) is 9.14. The van der Waals surface area contributed by atoms with Crippen molar-refractivity contribution in [1.82, 2.24) is 4.57 Å². The van der Waals surface area contributed by atoms with E-state index in [1.54, 1.807) is 0 Å². The van der Waals surface area contributed by atoms with Gasteiger partial charge in [0.25, 0.3) is 0 Å². The highest BCUT2D eigenvalue weighted by atomic mass is 16.3. The summed E-state index contributed by atoms with van der Waals surface area (Å²) < 4.78 is 8.90. The number of para-hydroxylation sites is 3. The molecule has 7 aromatic carbocycles. The fourth-order valence-corrected chi connectivity index (χ4v) is 9.05.